The van der Waals surface area contributed by atoms with Gasteiger partial charge in [-0.25, -0.2) is 4.99 Å². The van der Waals surface area contributed by atoms with Gasteiger partial charge in [0.25, 0.3) is 5.91 Å². The van der Waals surface area contributed by atoms with Crippen LogP contribution in [0.5, 0.6) is 0 Å². The molecule has 0 atom stereocenters. The second-order valence-electron chi connectivity index (χ2n) is 4.75. The second-order valence-corrected chi connectivity index (χ2v) is 6.22. The average molecular weight is 314 g/mol. The number of thioether (sulfide) groups is 1. The third-order valence-electron chi connectivity index (χ3n) is 3.07. The molecule has 4 heteroatoms. The molecule has 0 saturated heterocycles. The Hall–Kier alpha value is -1.84. The molecule has 0 fully saturated rings. The maximum atomic E-state index is 12.0. The van der Waals surface area contributed by atoms with Gasteiger partial charge in [-0.1, -0.05) is 65.3 Å². The van der Waals surface area contributed by atoms with Gasteiger partial charge in [-0.05, 0) is 30.7 Å². The van der Waals surface area contributed by atoms with E-state index in [9.17, 15) is 4.79 Å². The Morgan fingerprint density at radius 1 is 1.14 bits per heavy atom. The van der Waals surface area contributed by atoms with Crippen LogP contribution in [-0.2, 0) is 4.79 Å². The summed E-state index contributed by atoms with van der Waals surface area (Å²) in [5.74, 6) is -0.199. The predicted octanol–water partition coefficient (Wildman–Crippen LogP) is 4.71. The lowest BCUT2D eigenvalue weighted by molar-refractivity contribution is -0.113. The standard InChI is InChI=1S/C17H12ClNOS/c1-11-5-7-13(8-6-11)17-19-16(20)15(21-17)10-12-3-2-4-14(18)9-12/h2-10H,1H3/b15-10-. The van der Waals surface area contributed by atoms with Gasteiger partial charge < -0.3 is 0 Å². The summed E-state index contributed by atoms with van der Waals surface area (Å²) in [6.07, 6.45) is 1.82. The fourth-order valence-electron chi connectivity index (χ4n) is 1.98. The molecular formula is C17H12ClNOS. The molecule has 2 aromatic rings. The highest BCUT2D eigenvalue weighted by Crippen LogP contribution is 2.32. The van der Waals surface area contributed by atoms with E-state index in [1.807, 2.05) is 55.5 Å². The first-order chi connectivity index (χ1) is 10.1. The monoisotopic (exact) mass is 313 g/mol. The van der Waals surface area contributed by atoms with Crippen molar-refractivity contribution in [3.8, 4) is 0 Å². The number of nitrogens with zero attached hydrogens (tertiary/aromatic N) is 1. The molecule has 104 valence electrons. The molecule has 1 amide bonds. The number of benzene rings is 2. The number of hydrogen-bond donors (Lipinski definition) is 0. The van der Waals surface area contributed by atoms with Crippen molar-refractivity contribution in [3.05, 3.63) is 75.1 Å². The minimum atomic E-state index is -0.199. The summed E-state index contributed by atoms with van der Waals surface area (Å²) >= 11 is 7.35. The van der Waals surface area contributed by atoms with Crippen molar-refractivity contribution < 1.29 is 4.79 Å². The summed E-state index contributed by atoms with van der Waals surface area (Å²) in [6, 6.07) is 15.4. The lowest BCUT2D eigenvalue weighted by atomic mass is 10.2. The van der Waals surface area contributed by atoms with Crippen LogP contribution in [0.2, 0.25) is 5.02 Å². The van der Waals surface area contributed by atoms with Crippen molar-refractivity contribution in [2.45, 2.75) is 6.92 Å². The van der Waals surface area contributed by atoms with E-state index in [1.165, 1.54) is 17.3 Å². The summed E-state index contributed by atoms with van der Waals surface area (Å²) < 4.78 is 0. The first-order valence-corrected chi connectivity index (χ1v) is 7.66. The van der Waals surface area contributed by atoms with Crippen molar-refractivity contribution >= 4 is 40.4 Å². The number of halogens is 1. The van der Waals surface area contributed by atoms with Crippen molar-refractivity contribution in [1.29, 1.82) is 0 Å². The zero-order valence-electron chi connectivity index (χ0n) is 11.3. The van der Waals surface area contributed by atoms with Gasteiger partial charge in [0.1, 0.15) is 5.04 Å². The minimum Gasteiger partial charge on any atom is -0.266 e. The quantitative estimate of drug-likeness (QED) is 0.751. The topological polar surface area (TPSA) is 29.4 Å². The van der Waals surface area contributed by atoms with Crippen LogP contribution in [0.4, 0.5) is 0 Å². The zero-order chi connectivity index (χ0) is 14.8. The molecule has 0 N–H and O–H groups in total. The van der Waals surface area contributed by atoms with Gasteiger partial charge in [0.2, 0.25) is 0 Å². The number of amides is 1. The van der Waals surface area contributed by atoms with Crippen LogP contribution >= 0.6 is 23.4 Å². The molecule has 1 heterocycles. The molecule has 0 spiro atoms. The molecule has 0 unspecified atom stereocenters. The number of aliphatic imine (C=N–C) groups is 1. The largest absolute Gasteiger partial charge is 0.284 e. The first kappa shape index (κ1) is 14.1. The lowest BCUT2D eigenvalue weighted by Gasteiger charge is -2.00. The fourth-order valence-corrected chi connectivity index (χ4v) is 3.09. The SMILES string of the molecule is Cc1ccc(C2=NC(=O)/C(=C/c3cccc(Cl)c3)S2)cc1. The molecule has 21 heavy (non-hydrogen) atoms. The third kappa shape index (κ3) is 3.26. The van der Waals surface area contributed by atoms with Gasteiger partial charge in [-0.2, -0.15) is 0 Å². The Morgan fingerprint density at radius 2 is 1.90 bits per heavy atom. The zero-order valence-corrected chi connectivity index (χ0v) is 12.9. The van der Waals surface area contributed by atoms with Crippen LogP contribution in [0.25, 0.3) is 6.08 Å². The van der Waals surface area contributed by atoms with E-state index in [1.54, 1.807) is 6.07 Å². The second kappa shape index (κ2) is 5.88. The molecule has 1 aliphatic rings. The fraction of sp³-hybridized carbons (Fsp3) is 0.0588. The van der Waals surface area contributed by atoms with Gasteiger partial charge >= 0.3 is 0 Å². The normalized spacial score (nSPS) is 16.4. The summed E-state index contributed by atoms with van der Waals surface area (Å²) in [4.78, 5) is 16.8. The average Bonchev–Trinajstić information content (AvgIpc) is 2.81. The molecular weight excluding hydrogens is 302 g/mol. The summed E-state index contributed by atoms with van der Waals surface area (Å²) in [7, 11) is 0. The van der Waals surface area contributed by atoms with E-state index in [-0.39, 0.29) is 5.91 Å². The summed E-state index contributed by atoms with van der Waals surface area (Å²) in [6.45, 7) is 2.03. The Morgan fingerprint density at radius 3 is 2.62 bits per heavy atom. The Balaban J connectivity index is 1.86. The summed E-state index contributed by atoms with van der Waals surface area (Å²) in [5.41, 5.74) is 3.05. The molecule has 0 bridgehead atoms. The molecule has 1 aliphatic heterocycles. The highest BCUT2D eigenvalue weighted by atomic mass is 35.5. The highest BCUT2D eigenvalue weighted by molar-refractivity contribution is 8.19. The number of aryl methyl sites for hydroxylation is 1. The van der Waals surface area contributed by atoms with Crippen molar-refractivity contribution in [3.63, 3.8) is 0 Å². The maximum Gasteiger partial charge on any atom is 0.284 e. The molecule has 0 saturated carbocycles. The van der Waals surface area contributed by atoms with Crippen molar-refractivity contribution in [1.82, 2.24) is 0 Å². The van der Waals surface area contributed by atoms with Crippen molar-refractivity contribution in [2.24, 2.45) is 4.99 Å². The molecule has 0 aromatic heterocycles. The summed E-state index contributed by atoms with van der Waals surface area (Å²) in [5, 5.41) is 1.40. The van der Waals surface area contributed by atoms with E-state index in [2.05, 4.69) is 4.99 Å². The van der Waals surface area contributed by atoms with Gasteiger partial charge in [-0.3, -0.25) is 4.79 Å². The van der Waals surface area contributed by atoms with Gasteiger partial charge in [-0.15, -0.1) is 0 Å². The van der Waals surface area contributed by atoms with E-state index >= 15 is 0 Å². The Bertz CT molecular complexity index is 763. The van der Waals surface area contributed by atoms with E-state index in [4.69, 9.17) is 11.6 Å². The number of carbonyl (C=O) groups is 1. The van der Waals surface area contributed by atoms with E-state index < -0.39 is 0 Å². The highest BCUT2D eigenvalue weighted by Gasteiger charge is 2.22. The van der Waals surface area contributed by atoms with Crippen molar-refractivity contribution in [2.75, 3.05) is 0 Å². The molecule has 0 radical (unpaired) electrons. The molecule has 3 rings (SSSR count). The van der Waals surface area contributed by atoms with Gasteiger partial charge in [0, 0.05) is 10.6 Å². The van der Waals surface area contributed by atoms with Crippen LogP contribution < -0.4 is 0 Å². The van der Waals surface area contributed by atoms with E-state index in [0.29, 0.717) is 9.93 Å². The Kier molecular flexibility index (Phi) is 3.95. The van der Waals surface area contributed by atoms with Crippen LogP contribution in [-0.4, -0.2) is 11.0 Å². The van der Waals surface area contributed by atoms with E-state index in [0.717, 1.165) is 16.2 Å². The lowest BCUT2D eigenvalue weighted by Crippen LogP contribution is -1.90. The number of hydrogen-bond acceptors (Lipinski definition) is 2. The molecule has 0 aliphatic carbocycles. The molecule has 2 nitrogen and oxygen atoms in total. The Labute approximate surface area is 132 Å². The molecule has 2 aromatic carbocycles. The third-order valence-corrected chi connectivity index (χ3v) is 4.33. The van der Waals surface area contributed by atoms with Crippen LogP contribution in [0.15, 0.2) is 58.4 Å². The number of carbonyl (C=O) groups excluding carboxylic acids is 1. The first-order valence-electron chi connectivity index (χ1n) is 6.47. The smallest absolute Gasteiger partial charge is 0.266 e. The van der Waals surface area contributed by atoms with Crippen LogP contribution in [0, 0.1) is 6.92 Å². The van der Waals surface area contributed by atoms with Gasteiger partial charge in [0.15, 0.2) is 0 Å². The van der Waals surface area contributed by atoms with Crippen LogP contribution in [0.3, 0.4) is 0 Å². The van der Waals surface area contributed by atoms with Gasteiger partial charge in [0.05, 0.1) is 4.91 Å². The minimum absolute atomic E-state index is 0.199. The maximum absolute atomic E-state index is 12.0. The predicted molar refractivity (Wildman–Crippen MR) is 89.7 cm³/mol. The van der Waals surface area contributed by atoms with Crippen LogP contribution in [0.1, 0.15) is 16.7 Å². The number of rotatable bonds is 2.